The van der Waals surface area contributed by atoms with Crippen LogP contribution < -0.4 is 10.5 Å². The van der Waals surface area contributed by atoms with E-state index in [1.165, 1.54) is 24.8 Å². The number of nitrogens with zero attached hydrogens (tertiary/aromatic N) is 2. The van der Waals surface area contributed by atoms with Crippen LogP contribution in [-0.4, -0.2) is 54.2 Å². The Bertz CT molecular complexity index is 911. The van der Waals surface area contributed by atoms with Crippen LogP contribution in [0.25, 0.3) is 11.3 Å². The molecule has 0 bridgehead atoms. The molecule has 3 heterocycles. The second-order valence-electron chi connectivity index (χ2n) is 7.76. The number of rotatable bonds is 4. The van der Waals surface area contributed by atoms with Gasteiger partial charge in [0.25, 0.3) is 5.56 Å². The molecule has 7 heteroatoms. The van der Waals surface area contributed by atoms with Gasteiger partial charge < -0.3 is 19.9 Å². The second-order valence-corrected chi connectivity index (χ2v) is 7.76. The van der Waals surface area contributed by atoms with Crippen LogP contribution in [0.4, 0.5) is 5.69 Å². The molecule has 150 valence electrons. The lowest BCUT2D eigenvalue weighted by molar-refractivity contribution is 0.0695. The maximum absolute atomic E-state index is 12.1. The van der Waals surface area contributed by atoms with Crippen molar-refractivity contribution >= 4 is 24.1 Å². The number of hydrogen-bond acceptors (Lipinski definition) is 4. The van der Waals surface area contributed by atoms with Crippen LogP contribution in [0.1, 0.15) is 22.8 Å². The van der Waals surface area contributed by atoms with E-state index in [0.29, 0.717) is 12.1 Å². The largest absolute Gasteiger partial charge is 0.477 e. The summed E-state index contributed by atoms with van der Waals surface area (Å²) < 4.78 is 0. The first kappa shape index (κ1) is 20.4. The minimum Gasteiger partial charge on any atom is -0.477 e. The number of aromatic nitrogens is 1. The number of aryl methyl sites for hydroxylation is 1. The highest BCUT2D eigenvalue weighted by Gasteiger charge is 2.38. The van der Waals surface area contributed by atoms with Gasteiger partial charge in [-0.15, -0.1) is 12.4 Å². The van der Waals surface area contributed by atoms with Gasteiger partial charge in [0, 0.05) is 31.9 Å². The standard InChI is InChI=1S/C21H25N3O3.ClH/c1-3-13-8-18(21(26)27)20(25)22-19(13)14-4-6-17(7-5-14)24-11-15-9-23(2)10-16(15)12-24;/h4-8,15-16H,3,9-12H2,1-2H3,(H,22,25)(H,26,27);1H/t15-,16+;. The van der Waals surface area contributed by atoms with Crippen molar-refractivity contribution in [2.45, 2.75) is 13.3 Å². The normalized spacial score (nSPS) is 21.4. The molecule has 2 atom stereocenters. The van der Waals surface area contributed by atoms with Crippen molar-refractivity contribution in [2.24, 2.45) is 11.8 Å². The van der Waals surface area contributed by atoms with Crippen molar-refractivity contribution in [3.63, 3.8) is 0 Å². The van der Waals surface area contributed by atoms with Crippen LogP contribution >= 0.6 is 12.4 Å². The fourth-order valence-corrected chi connectivity index (χ4v) is 4.55. The first-order valence-corrected chi connectivity index (χ1v) is 9.49. The topological polar surface area (TPSA) is 76.6 Å². The predicted molar refractivity (Wildman–Crippen MR) is 113 cm³/mol. The van der Waals surface area contributed by atoms with E-state index in [1.54, 1.807) is 0 Å². The number of carboxylic acid groups (broad SMARTS) is 1. The summed E-state index contributed by atoms with van der Waals surface area (Å²) in [5, 5.41) is 9.16. The van der Waals surface area contributed by atoms with Crippen molar-refractivity contribution in [1.82, 2.24) is 9.88 Å². The summed E-state index contributed by atoms with van der Waals surface area (Å²) in [6.07, 6.45) is 0.650. The molecule has 1 aromatic heterocycles. The maximum atomic E-state index is 12.1. The molecule has 2 N–H and O–H groups in total. The van der Waals surface area contributed by atoms with E-state index in [2.05, 4.69) is 34.0 Å². The van der Waals surface area contributed by atoms with Crippen molar-refractivity contribution in [2.75, 3.05) is 38.1 Å². The lowest BCUT2D eigenvalue weighted by Crippen LogP contribution is -2.26. The molecule has 2 aliphatic rings. The number of halogens is 1. The Kier molecular flexibility index (Phi) is 5.82. The van der Waals surface area contributed by atoms with Crippen LogP contribution in [0.3, 0.4) is 0 Å². The van der Waals surface area contributed by atoms with Crippen molar-refractivity contribution in [1.29, 1.82) is 0 Å². The van der Waals surface area contributed by atoms with Crippen LogP contribution in [0.2, 0.25) is 0 Å². The highest BCUT2D eigenvalue weighted by atomic mass is 35.5. The number of fused-ring (bicyclic) bond motifs is 1. The summed E-state index contributed by atoms with van der Waals surface area (Å²) in [5.41, 5.74) is 2.88. The molecule has 0 radical (unpaired) electrons. The summed E-state index contributed by atoms with van der Waals surface area (Å²) in [4.78, 5) is 30.9. The Morgan fingerprint density at radius 2 is 1.75 bits per heavy atom. The summed E-state index contributed by atoms with van der Waals surface area (Å²) in [7, 11) is 2.19. The number of nitrogens with one attached hydrogen (secondary N) is 1. The zero-order chi connectivity index (χ0) is 19.1. The second kappa shape index (κ2) is 7.97. The SMILES string of the molecule is CCc1cc(C(=O)O)c(=O)[nH]c1-c1ccc(N2C[C@H]3CN(C)C[C@H]3C2)cc1.Cl. The van der Waals surface area contributed by atoms with Gasteiger partial charge in [0.05, 0.1) is 5.69 Å². The Morgan fingerprint density at radius 1 is 1.14 bits per heavy atom. The Morgan fingerprint density at radius 3 is 2.29 bits per heavy atom. The summed E-state index contributed by atoms with van der Waals surface area (Å²) in [6.45, 7) is 6.50. The lowest BCUT2D eigenvalue weighted by Gasteiger charge is -2.21. The molecule has 6 nitrogen and oxygen atoms in total. The first-order chi connectivity index (χ1) is 13.0. The lowest BCUT2D eigenvalue weighted by atomic mass is 10.0. The van der Waals surface area contributed by atoms with Gasteiger partial charge in [-0.1, -0.05) is 19.1 Å². The molecule has 0 unspecified atom stereocenters. The monoisotopic (exact) mass is 403 g/mol. The zero-order valence-corrected chi connectivity index (χ0v) is 17.0. The van der Waals surface area contributed by atoms with Gasteiger partial charge in [-0.2, -0.15) is 0 Å². The average Bonchev–Trinajstić information content (AvgIpc) is 3.18. The minimum atomic E-state index is -1.20. The third-order valence-electron chi connectivity index (χ3n) is 5.92. The van der Waals surface area contributed by atoms with Crippen LogP contribution in [-0.2, 0) is 6.42 Å². The highest BCUT2D eigenvalue weighted by Crippen LogP contribution is 2.34. The van der Waals surface area contributed by atoms with Crippen LogP contribution in [0.5, 0.6) is 0 Å². The maximum Gasteiger partial charge on any atom is 0.341 e. The number of pyridine rings is 1. The fourth-order valence-electron chi connectivity index (χ4n) is 4.55. The molecule has 28 heavy (non-hydrogen) atoms. The number of carbonyl (C=O) groups is 1. The van der Waals surface area contributed by atoms with Crippen molar-refractivity contribution < 1.29 is 9.90 Å². The third-order valence-corrected chi connectivity index (χ3v) is 5.92. The van der Waals surface area contributed by atoms with Crippen LogP contribution in [0, 0.1) is 11.8 Å². The quantitative estimate of drug-likeness (QED) is 0.820. The van der Waals surface area contributed by atoms with E-state index in [-0.39, 0.29) is 18.0 Å². The van der Waals surface area contributed by atoms with E-state index in [4.69, 9.17) is 5.11 Å². The van der Waals surface area contributed by atoms with E-state index >= 15 is 0 Å². The first-order valence-electron chi connectivity index (χ1n) is 9.49. The summed E-state index contributed by atoms with van der Waals surface area (Å²) >= 11 is 0. The number of carboxylic acids is 1. The van der Waals surface area contributed by atoms with Gasteiger partial charge in [0.1, 0.15) is 5.56 Å². The molecule has 0 spiro atoms. The minimum absolute atomic E-state index is 0. The third kappa shape index (κ3) is 3.66. The molecule has 0 saturated carbocycles. The number of anilines is 1. The van der Waals surface area contributed by atoms with Gasteiger partial charge in [-0.05, 0) is 54.6 Å². The number of hydrogen-bond donors (Lipinski definition) is 2. The molecule has 1 aromatic carbocycles. The van der Waals surface area contributed by atoms with Gasteiger partial charge in [-0.3, -0.25) is 4.79 Å². The van der Waals surface area contributed by atoms with E-state index in [0.717, 1.165) is 36.1 Å². The van der Waals surface area contributed by atoms with Gasteiger partial charge in [0.15, 0.2) is 0 Å². The van der Waals surface area contributed by atoms with E-state index in [9.17, 15) is 9.59 Å². The number of aromatic amines is 1. The Hall–Kier alpha value is -2.31. The molecule has 2 aromatic rings. The molecule has 0 amide bonds. The molecule has 2 saturated heterocycles. The van der Waals surface area contributed by atoms with Gasteiger partial charge in [-0.25, -0.2) is 4.79 Å². The van der Waals surface area contributed by atoms with Gasteiger partial charge in [0.2, 0.25) is 0 Å². The smallest absolute Gasteiger partial charge is 0.341 e. The molecular weight excluding hydrogens is 378 g/mol. The number of benzene rings is 1. The van der Waals surface area contributed by atoms with Gasteiger partial charge >= 0.3 is 5.97 Å². The molecule has 2 aliphatic heterocycles. The number of H-pyrrole nitrogens is 1. The molecule has 0 aliphatic carbocycles. The van der Waals surface area contributed by atoms with E-state index < -0.39 is 11.5 Å². The van der Waals surface area contributed by atoms with Crippen LogP contribution in [0.15, 0.2) is 35.1 Å². The predicted octanol–water partition coefficient (Wildman–Crippen LogP) is 2.72. The summed E-state index contributed by atoms with van der Waals surface area (Å²) in [5.74, 6) is 0.306. The fraction of sp³-hybridized carbons (Fsp3) is 0.429. The number of likely N-dealkylation sites (tertiary alicyclic amines) is 1. The Labute approximate surface area is 170 Å². The molecular formula is C21H26ClN3O3. The highest BCUT2D eigenvalue weighted by molar-refractivity contribution is 5.88. The van der Waals surface area contributed by atoms with E-state index in [1.807, 2.05) is 19.1 Å². The average molecular weight is 404 g/mol. The molecule has 2 fully saturated rings. The zero-order valence-electron chi connectivity index (χ0n) is 16.1. The Balaban J connectivity index is 0.00000225. The molecule has 4 rings (SSSR count). The summed E-state index contributed by atoms with van der Waals surface area (Å²) in [6, 6.07) is 9.72. The van der Waals surface area contributed by atoms with Crippen molar-refractivity contribution in [3.05, 3.63) is 51.8 Å². The van der Waals surface area contributed by atoms with Crippen molar-refractivity contribution in [3.8, 4) is 11.3 Å². The number of aromatic carboxylic acids is 1.